The van der Waals surface area contributed by atoms with E-state index in [0.29, 0.717) is 0 Å². The quantitative estimate of drug-likeness (QED) is 0.374. The molecule has 0 spiro atoms. The zero-order valence-electron chi connectivity index (χ0n) is 8.81. The van der Waals surface area contributed by atoms with E-state index in [9.17, 15) is 0 Å². The minimum absolute atomic E-state index is 1.28. The van der Waals surface area contributed by atoms with Gasteiger partial charge in [-0.3, -0.25) is 0 Å². The molecule has 0 aromatic carbocycles. The molecule has 0 nitrogen and oxygen atoms in total. The molecule has 0 fully saturated rings. The van der Waals surface area contributed by atoms with E-state index in [-0.39, 0.29) is 0 Å². The van der Waals surface area contributed by atoms with Crippen molar-refractivity contribution < 1.29 is 0 Å². The van der Waals surface area contributed by atoms with Gasteiger partial charge in [-0.25, -0.2) is 0 Å². The number of allylic oxidation sites excluding steroid dienone is 1. The Labute approximate surface area is 87.0 Å². The van der Waals surface area contributed by atoms with E-state index >= 15 is 0 Å². The van der Waals surface area contributed by atoms with Gasteiger partial charge in [0.1, 0.15) is 0 Å². The average Bonchev–Trinajstić information content (AvgIpc) is 2.10. The third-order valence-corrected chi connectivity index (χ3v) is 2.21. The van der Waals surface area contributed by atoms with Crippen LogP contribution in [0.15, 0.2) is 10.8 Å². The van der Waals surface area contributed by atoms with Gasteiger partial charge in [0.15, 0.2) is 0 Å². The molecule has 0 heterocycles. The summed E-state index contributed by atoms with van der Waals surface area (Å²) in [5, 5.41) is 0. The van der Waals surface area contributed by atoms with E-state index in [1.165, 1.54) is 51.4 Å². The summed E-state index contributed by atoms with van der Waals surface area (Å²) in [6, 6.07) is 0. The van der Waals surface area contributed by atoms with Crippen molar-refractivity contribution in [2.24, 2.45) is 0 Å². The number of hydrogen-bond acceptors (Lipinski definition) is 0. The van der Waals surface area contributed by atoms with E-state index in [2.05, 4.69) is 35.5 Å². The van der Waals surface area contributed by atoms with Crippen molar-refractivity contribution in [2.75, 3.05) is 0 Å². The average molecular weight is 160 g/mol. The Morgan fingerprint density at radius 3 is 2.08 bits per heavy atom. The fourth-order valence-electron chi connectivity index (χ4n) is 1.39. The third kappa shape index (κ3) is 10.3. The summed E-state index contributed by atoms with van der Waals surface area (Å²) in [6.07, 6.45) is 13.5. The van der Waals surface area contributed by atoms with E-state index in [1.54, 1.807) is 0 Å². The van der Waals surface area contributed by atoms with Gasteiger partial charge in [-0.1, -0.05) is 0 Å². The first-order valence-corrected chi connectivity index (χ1v) is 5.53. The fraction of sp³-hybridized carbons (Fsp3) is 0.818. The van der Waals surface area contributed by atoms with Crippen LogP contribution in [-0.4, -0.2) is 17.7 Å². The first-order valence-electron chi connectivity index (χ1n) is 5.53. The van der Waals surface area contributed by atoms with E-state index in [1.807, 2.05) is 0 Å². The Hall–Kier alpha value is 0.337. The summed E-state index contributed by atoms with van der Waals surface area (Å²) in [5.74, 6) is 0. The second-order valence-electron chi connectivity index (χ2n) is 3.48. The van der Waals surface area contributed by atoms with Crippen molar-refractivity contribution in [1.82, 2.24) is 0 Å². The Balaban J connectivity index is 2.81. The molecule has 0 rings (SSSR count). The van der Waals surface area contributed by atoms with Gasteiger partial charge in [0.05, 0.1) is 0 Å². The van der Waals surface area contributed by atoms with Crippen molar-refractivity contribution in [3.05, 3.63) is 10.8 Å². The third-order valence-electron chi connectivity index (χ3n) is 2.21. The van der Waals surface area contributed by atoms with E-state index in [4.69, 9.17) is 0 Å². The van der Waals surface area contributed by atoms with Crippen LogP contribution in [0.3, 0.4) is 0 Å². The molecule has 0 radical (unpaired) electrons. The van der Waals surface area contributed by atoms with Crippen LogP contribution in [0.4, 0.5) is 0 Å². The molecule has 66 valence electrons. The van der Waals surface area contributed by atoms with Gasteiger partial charge in [-0.05, 0) is 0 Å². The summed E-state index contributed by atoms with van der Waals surface area (Å²) in [5.41, 5.74) is 0. The second-order valence-corrected chi connectivity index (χ2v) is 3.48. The molecule has 0 N–H and O–H groups in total. The van der Waals surface area contributed by atoms with Gasteiger partial charge in [-0.2, -0.15) is 0 Å². The number of rotatable bonds is 8. The van der Waals surface area contributed by atoms with Crippen molar-refractivity contribution in [2.45, 2.75) is 58.3 Å². The van der Waals surface area contributed by atoms with E-state index in [0.717, 1.165) is 0 Å². The fourth-order valence-corrected chi connectivity index (χ4v) is 1.39. The molecule has 0 amide bonds. The predicted octanol–water partition coefficient (Wildman–Crippen LogP) is 3.81. The maximum absolute atomic E-state index is 2.27. The van der Waals surface area contributed by atoms with Crippen LogP contribution < -0.4 is 0 Å². The molecule has 0 aliphatic rings. The first-order chi connectivity index (χ1) is 5.91. The molecule has 0 saturated heterocycles. The maximum atomic E-state index is 2.27. The van der Waals surface area contributed by atoms with Crippen molar-refractivity contribution >= 4 is 17.7 Å². The van der Waals surface area contributed by atoms with Gasteiger partial charge in [-0.15, -0.1) is 0 Å². The summed E-state index contributed by atoms with van der Waals surface area (Å²) >= 11 is 2.10. The first kappa shape index (κ1) is 12.3. The molecule has 0 bridgehead atoms. The topological polar surface area (TPSA) is 0 Å². The second kappa shape index (κ2) is 11.3. The molecule has 0 unspecified atom stereocenters. The molecule has 1 heteroatoms. The summed E-state index contributed by atoms with van der Waals surface area (Å²) < 4.78 is 2.15. The van der Waals surface area contributed by atoms with Gasteiger partial charge < -0.3 is 0 Å². The summed E-state index contributed by atoms with van der Waals surface area (Å²) in [6.45, 7) is 2.27. The SMILES string of the molecule is [Li]/[CH]=C/CCCCCCCCC. The Bertz CT molecular complexity index is 97.2. The van der Waals surface area contributed by atoms with Crippen molar-refractivity contribution in [3.8, 4) is 0 Å². The zero-order valence-corrected chi connectivity index (χ0v) is 8.81. The molecule has 0 aromatic rings. The molecule has 0 aromatic heterocycles. The molecule has 0 atom stereocenters. The van der Waals surface area contributed by atoms with Crippen LogP contribution in [0.1, 0.15) is 58.3 Å². The molecule has 0 saturated carbocycles. The standard InChI is InChI=1S/C11H21.Li/c1-3-5-7-9-11-10-8-6-4-2;/h1,3H,4-11H2,2H3;. The molecule has 0 aliphatic heterocycles. The molecule has 0 aliphatic carbocycles. The van der Waals surface area contributed by atoms with Crippen LogP contribution in [0.2, 0.25) is 0 Å². The molecular weight excluding hydrogens is 139 g/mol. The van der Waals surface area contributed by atoms with Crippen LogP contribution in [-0.2, 0) is 0 Å². The van der Waals surface area contributed by atoms with Gasteiger partial charge >= 0.3 is 86.8 Å². The number of unbranched alkanes of at least 4 members (excludes halogenated alkanes) is 7. The monoisotopic (exact) mass is 160 g/mol. The van der Waals surface area contributed by atoms with Crippen molar-refractivity contribution in [1.29, 1.82) is 0 Å². The van der Waals surface area contributed by atoms with Crippen LogP contribution >= 0.6 is 0 Å². The van der Waals surface area contributed by atoms with Gasteiger partial charge in [0.2, 0.25) is 0 Å². The van der Waals surface area contributed by atoms with Gasteiger partial charge in [0, 0.05) is 0 Å². The summed E-state index contributed by atoms with van der Waals surface area (Å²) in [7, 11) is 0. The summed E-state index contributed by atoms with van der Waals surface area (Å²) in [4.78, 5) is 0. The van der Waals surface area contributed by atoms with Gasteiger partial charge in [0.25, 0.3) is 0 Å². The zero-order chi connectivity index (χ0) is 9.07. The Morgan fingerprint density at radius 2 is 1.50 bits per heavy atom. The van der Waals surface area contributed by atoms with Crippen molar-refractivity contribution in [3.63, 3.8) is 0 Å². The minimum atomic E-state index is 1.28. The Morgan fingerprint density at radius 1 is 0.917 bits per heavy atom. The van der Waals surface area contributed by atoms with Crippen LogP contribution in [0.5, 0.6) is 0 Å². The van der Waals surface area contributed by atoms with E-state index < -0.39 is 0 Å². The van der Waals surface area contributed by atoms with Crippen LogP contribution in [0.25, 0.3) is 0 Å². The normalized spacial score (nSPS) is 11.2. The predicted molar refractivity (Wildman–Crippen MR) is 57.5 cm³/mol. The van der Waals surface area contributed by atoms with Crippen LogP contribution in [0, 0.1) is 0 Å². The number of hydrogen-bond donors (Lipinski definition) is 0. The molecule has 12 heavy (non-hydrogen) atoms. The molecular formula is C11H21Li. The Kier molecular flexibility index (Phi) is 11.7.